The number of nitrogens with zero attached hydrogens (tertiary/aromatic N) is 1. The van der Waals surface area contributed by atoms with Crippen LogP contribution in [-0.4, -0.2) is 11.6 Å². The minimum absolute atomic E-state index is 0.442. The van der Waals surface area contributed by atoms with Gasteiger partial charge in [-0.1, -0.05) is 48.9 Å². The molecule has 1 aromatic carbocycles. The van der Waals surface area contributed by atoms with Crippen LogP contribution in [0.15, 0.2) is 47.1 Å². The van der Waals surface area contributed by atoms with E-state index in [1.54, 1.807) is 6.20 Å². The zero-order valence-electron chi connectivity index (χ0n) is 10.6. The molecule has 0 aliphatic rings. The first-order chi connectivity index (χ1) is 9.15. The van der Waals surface area contributed by atoms with Gasteiger partial charge < -0.3 is 4.74 Å². The molecule has 4 heteroatoms. The molecule has 0 fully saturated rings. The molecule has 0 aliphatic carbocycles. The molecule has 0 radical (unpaired) electrons. The fourth-order valence-corrected chi connectivity index (χ4v) is 2.23. The summed E-state index contributed by atoms with van der Waals surface area (Å²) >= 11 is 9.17. The van der Waals surface area contributed by atoms with Crippen molar-refractivity contribution >= 4 is 27.5 Å². The molecule has 19 heavy (non-hydrogen) atoms. The maximum absolute atomic E-state index is 5.84. The summed E-state index contributed by atoms with van der Waals surface area (Å²) in [6.07, 6.45) is 2.64. The summed E-state index contributed by atoms with van der Waals surface area (Å²) in [6.45, 7) is 2.83. The molecule has 0 saturated heterocycles. The third kappa shape index (κ3) is 4.51. The Hall–Kier alpha value is -1.06. The minimum atomic E-state index is 0.442. The highest BCUT2D eigenvalue weighted by atomic mass is 79.9. The van der Waals surface area contributed by atoms with Gasteiger partial charge in [0.25, 0.3) is 0 Å². The molecule has 0 bridgehead atoms. The number of hydrogen-bond acceptors (Lipinski definition) is 2. The summed E-state index contributed by atoms with van der Waals surface area (Å²) in [4.78, 5) is 4.03. The van der Waals surface area contributed by atoms with Gasteiger partial charge in [0, 0.05) is 0 Å². The van der Waals surface area contributed by atoms with E-state index in [-0.39, 0.29) is 0 Å². The molecular formula is C15H15BrClNO. The summed E-state index contributed by atoms with van der Waals surface area (Å²) in [5, 5.41) is 0.449. The van der Waals surface area contributed by atoms with E-state index in [4.69, 9.17) is 16.3 Å². The fourth-order valence-electron chi connectivity index (χ4n) is 1.80. The summed E-state index contributed by atoms with van der Waals surface area (Å²) in [7, 11) is 0. The van der Waals surface area contributed by atoms with Gasteiger partial charge in [0.1, 0.15) is 10.9 Å². The predicted molar refractivity (Wildman–Crippen MR) is 81.8 cm³/mol. The van der Waals surface area contributed by atoms with Gasteiger partial charge in [-0.05, 0) is 39.9 Å². The van der Waals surface area contributed by atoms with Crippen LogP contribution < -0.4 is 4.74 Å². The van der Waals surface area contributed by atoms with Crippen LogP contribution in [-0.2, 0) is 6.42 Å². The van der Waals surface area contributed by atoms with Gasteiger partial charge in [0.15, 0.2) is 0 Å². The molecule has 2 nitrogen and oxygen atoms in total. The van der Waals surface area contributed by atoms with Gasteiger partial charge in [-0.25, -0.2) is 4.98 Å². The Morgan fingerprint density at radius 1 is 1.32 bits per heavy atom. The first kappa shape index (κ1) is 14.4. The molecule has 2 aromatic rings. The molecule has 100 valence electrons. The van der Waals surface area contributed by atoms with Gasteiger partial charge in [-0.15, -0.1) is 0 Å². The number of hydrogen-bond donors (Lipinski definition) is 0. The number of rotatable bonds is 5. The summed E-state index contributed by atoms with van der Waals surface area (Å²) < 4.78 is 6.48. The normalized spacial score (nSPS) is 12.2. The second kappa shape index (κ2) is 6.92. The van der Waals surface area contributed by atoms with Gasteiger partial charge in [0.2, 0.25) is 0 Å². The van der Waals surface area contributed by atoms with Crippen molar-refractivity contribution in [3.8, 4) is 5.75 Å². The SMILES string of the molecule is CC(COc1cnc(Cl)c(Br)c1)Cc1ccccc1. The Balaban J connectivity index is 1.86. The molecule has 1 aromatic heterocycles. The van der Waals surface area contributed by atoms with Crippen molar-refractivity contribution in [1.29, 1.82) is 0 Å². The lowest BCUT2D eigenvalue weighted by Crippen LogP contribution is -2.11. The molecule has 2 rings (SSSR count). The zero-order valence-corrected chi connectivity index (χ0v) is 13.0. The first-order valence-corrected chi connectivity index (χ1v) is 7.30. The topological polar surface area (TPSA) is 22.1 Å². The van der Waals surface area contributed by atoms with Crippen molar-refractivity contribution in [2.24, 2.45) is 5.92 Å². The number of ether oxygens (including phenoxy) is 1. The first-order valence-electron chi connectivity index (χ1n) is 6.13. The highest BCUT2D eigenvalue weighted by molar-refractivity contribution is 9.10. The molecular weight excluding hydrogens is 326 g/mol. The Morgan fingerprint density at radius 3 is 2.74 bits per heavy atom. The van der Waals surface area contributed by atoms with Crippen LogP contribution in [0.1, 0.15) is 12.5 Å². The van der Waals surface area contributed by atoms with Crippen LogP contribution in [0.3, 0.4) is 0 Å². The molecule has 1 unspecified atom stereocenters. The van der Waals surface area contributed by atoms with Crippen LogP contribution >= 0.6 is 27.5 Å². The molecule has 1 heterocycles. The number of aromatic nitrogens is 1. The lowest BCUT2D eigenvalue weighted by molar-refractivity contribution is 0.258. The molecule has 0 N–H and O–H groups in total. The Labute approximate surface area is 126 Å². The van der Waals surface area contributed by atoms with Gasteiger partial charge in [-0.2, -0.15) is 0 Å². The van der Waals surface area contributed by atoms with E-state index in [0.717, 1.165) is 16.6 Å². The van der Waals surface area contributed by atoms with Crippen LogP contribution in [0.4, 0.5) is 0 Å². The molecule has 0 spiro atoms. The predicted octanol–water partition coefficient (Wildman–Crippen LogP) is 4.76. The third-order valence-electron chi connectivity index (χ3n) is 2.73. The van der Waals surface area contributed by atoms with E-state index in [1.807, 2.05) is 12.1 Å². The average molecular weight is 341 g/mol. The van der Waals surface area contributed by atoms with Crippen molar-refractivity contribution in [2.45, 2.75) is 13.3 Å². The van der Waals surface area contributed by atoms with Crippen molar-refractivity contribution in [1.82, 2.24) is 4.98 Å². The van der Waals surface area contributed by atoms with Gasteiger partial charge in [0.05, 0.1) is 17.3 Å². The molecule has 1 atom stereocenters. The number of halogens is 2. The molecule has 0 amide bonds. The van der Waals surface area contributed by atoms with E-state index in [2.05, 4.69) is 52.1 Å². The van der Waals surface area contributed by atoms with E-state index < -0.39 is 0 Å². The van der Waals surface area contributed by atoms with Crippen molar-refractivity contribution in [2.75, 3.05) is 6.61 Å². The average Bonchev–Trinajstić information content (AvgIpc) is 2.41. The molecule has 0 aliphatic heterocycles. The minimum Gasteiger partial charge on any atom is -0.492 e. The third-order valence-corrected chi connectivity index (χ3v) is 3.87. The zero-order chi connectivity index (χ0) is 13.7. The Morgan fingerprint density at radius 2 is 2.05 bits per heavy atom. The fraction of sp³-hybridized carbons (Fsp3) is 0.267. The highest BCUT2D eigenvalue weighted by Crippen LogP contribution is 2.24. The lowest BCUT2D eigenvalue weighted by atomic mass is 10.0. The smallest absolute Gasteiger partial charge is 0.143 e. The monoisotopic (exact) mass is 339 g/mol. The van der Waals surface area contributed by atoms with E-state index >= 15 is 0 Å². The number of pyridine rings is 1. The van der Waals surface area contributed by atoms with Crippen LogP contribution in [0.25, 0.3) is 0 Å². The summed E-state index contributed by atoms with van der Waals surface area (Å²) in [5.74, 6) is 1.17. The van der Waals surface area contributed by atoms with E-state index in [9.17, 15) is 0 Å². The lowest BCUT2D eigenvalue weighted by Gasteiger charge is -2.13. The van der Waals surface area contributed by atoms with E-state index in [1.165, 1.54) is 5.56 Å². The largest absolute Gasteiger partial charge is 0.492 e. The van der Waals surface area contributed by atoms with Crippen LogP contribution in [0, 0.1) is 5.92 Å². The van der Waals surface area contributed by atoms with Gasteiger partial charge >= 0.3 is 0 Å². The quantitative estimate of drug-likeness (QED) is 0.732. The van der Waals surface area contributed by atoms with Gasteiger partial charge in [-0.3, -0.25) is 0 Å². The molecule has 0 saturated carbocycles. The standard InChI is InChI=1S/C15H15BrClNO/c1-11(7-12-5-3-2-4-6-12)10-19-13-8-14(16)15(17)18-9-13/h2-6,8-9,11H,7,10H2,1H3. The summed E-state index contributed by atoms with van der Waals surface area (Å²) in [6, 6.07) is 12.3. The van der Waals surface area contributed by atoms with Crippen LogP contribution in [0.5, 0.6) is 5.75 Å². The summed E-state index contributed by atoms with van der Waals surface area (Å²) in [5.41, 5.74) is 1.33. The highest BCUT2D eigenvalue weighted by Gasteiger charge is 2.06. The van der Waals surface area contributed by atoms with Crippen molar-refractivity contribution < 1.29 is 4.74 Å². The van der Waals surface area contributed by atoms with E-state index in [0.29, 0.717) is 17.7 Å². The Bertz CT molecular complexity index is 533. The maximum Gasteiger partial charge on any atom is 0.143 e. The van der Waals surface area contributed by atoms with Crippen molar-refractivity contribution in [3.63, 3.8) is 0 Å². The second-order valence-corrected chi connectivity index (χ2v) is 5.76. The number of benzene rings is 1. The van der Waals surface area contributed by atoms with Crippen LogP contribution in [0.2, 0.25) is 5.15 Å². The Kier molecular flexibility index (Phi) is 5.23. The van der Waals surface area contributed by atoms with Crippen molar-refractivity contribution in [3.05, 3.63) is 57.8 Å². The maximum atomic E-state index is 5.84. The second-order valence-electron chi connectivity index (χ2n) is 4.55.